The molecule has 2 aromatic carbocycles. The molecule has 0 saturated heterocycles. The zero-order valence-electron chi connectivity index (χ0n) is 15.1. The Morgan fingerprint density at radius 1 is 1.04 bits per heavy atom. The highest BCUT2D eigenvalue weighted by molar-refractivity contribution is 5.80. The predicted molar refractivity (Wildman–Crippen MR) is 105 cm³/mol. The van der Waals surface area contributed by atoms with E-state index in [1.54, 1.807) is 11.6 Å². The van der Waals surface area contributed by atoms with Crippen molar-refractivity contribution in [2.24, 2.45) is 7.05 Å². The van der Waals surface area contributed by atoms with E-state index >= 15 is 0 Å². The summed E-state index contributed by atoms with van der Waals surface area (Å²) in [6, 6.07) is 15.5. The summed E-state index contributed by atoms with van der Waals surface area (Å²) in [5.41, 5.74) is 3.46. The van der Waals surface area contributed by atoms with Gasteiger partial charge in [0.1, 0.15) is 6.54 Å². The van der Waals surface area contributed by atoms with Crippen molar-refractivity contribution in [2.75, 3.05) is 6.54 Å². The summed E-state index contributed by atoms with van der Waals surface area (Å²) in [5, 5.41) is 2.90. The van der Waals surface area contributed by atoms with Gasteiger partial charge in [-0.25, -0.2) is 9.78 Å². The summed E-state index contributed by atoms with van der Waals surface area (Å²) in [6.07, 6.45) is 2.61. The van der Waals surface area contributed by atoms with Gasteiger partial charge < -0.3 is 9.88 Å². The number of aromatic nitrogens is 4. The van der Waals surface area contributed by atoms with Gasteiger partial charge in [-0.3, -0.25) is 13.9 Å². The largest absolute Gasteiger partial charge is 0.354 e. The van der Waals surface area contributed by atoms with Crippen molar-refractivity contribution in [2.45, 2.75) is 19.5 Å². The molecule has 0 aliphatic rings. The van der Waals surface area contributed by atoms with E-state index in [9.17, 15) is 9.59 Å². The summed E-state index contributed by atoms with van der Waals surface area (Å²) in [4.78, 5) is 29.0. The molecule has 138 valence electrons. The Morgan fingerprint density at radius 3 is 2.56 bits per heavy atom. The van der Waals surface area contributed by atoms with E-state index in [0.29, 0.717) is 6.54 Å². The molecule has 7 heteroatoms. The Morgan fingerprint density at radius 2 is 1.74 bits per heavy atom. The highest BCUT2D eigenvalue weighted by atomic mass is 16.2. The van der Waals surface area contributed by atoms with Gasteiger partial charge in [-0.1, -0.05) is 24.3 Å². The first-order chi connectivity index (χ1) is 13.1. The van der Waals surface area contributed by atoms with E-state index < -0.39 is 0 Å². The minimum Gasteiger partial charge on any atom is -0.354 e. The SMILES string of the molecule is Cn1c(=O)n(CC(=O)NCCCn2cnc3ccccc32)c2ccccc21. The fourth-order valence-corrected chi connectivity index (χ4v) is 3.38. The minimum absolute atomic E-state index is 0.0220. The molecule has 0 unspecified atom stereocenters. The molecule has 0 saturated carbocycles. The quantitative estimate of drug-likeness (QED) is 0.532. The Labute approximate surface area is 155 Å². The van der Waals surface area contributed by atoms with Crippen LogP contribution in [0, 0.1) is 0 Å². The normalized spacial score (nSPS) is 11.3. The third-order valence-corrected chi connectivity index (χ3v) is 4.78. The van der Waals surface area contributed by atoms with Crippen LogP contribution in [0.2, 0.25) is 0 Å². The minimum atomic E-state index is -0.184. The number of benzene rings is 2. The number of rotatable bonds is 6. The number of aryl methyl sites for hydroxylation is 2. The summed E-state index contributed by atoms with van der Waals surface area (Å²) in [7, 11) is 1.72. The fraction of sp³-hybridized carbons (Fsp3) is 0.250. The van der Waals surface area contributed by atoms with Crippen molar-refractivity contribution in [3.05, 3.63) is 65.3 Å². The summed E-state index contributed by atoms with van der Waals surface area (Å²) in [5.74, 6) is -0.163. The number of fused-ring (bicyclic) bond motifs is 2. The van der Waals surface area contributed by atoms with Crippen molar-refractivity contribution >= 4 is 28.0 Å². The van der Waals surface area contributed by atoms with Crippen LogP contribution in [0.15, 0.2) is 59.7 Å². The van der Waals surface area contributed by atoms with Crippen LogP contribution in [0.1, 0.15) is 6.42 Å². The second-order valence-corrected chi connectivity index (χ2v) is 6.55. The van der Waals surface area contributed by atoms with Crippen molar-refractivity contribution in [3.63, 3.8) is 0 Å². The van der Waals surface area contributed by atoms with Gasteiger partial charge in [-0.15, -0.1) is 0 Å². The van der Waals surface area contributed by atoms with Crippen molar-refractivity contribution < 1.29 is 4.79 Å². The molecule has 2 aromatic heterocycles. The van der Waals surface area contributed by atoms with Crippen LogP contribution >= 0.6 is 0 Å². The molecule has 0 fully saturated rings. The second kappa shape index (κ2) is 7.11. The second-order valence-electron chi connectivity index (χ2n) is 6.55. The van der Waals surface area contributed by atoms with Gasteiger partial charge in [-0.2, -0.15) is 0 Å². The lowest BCUT2D eigenvalue weighted by atomic mass is 10.3. The van der Waals surface area contributed by atoms with Crippen LogP contribution in [0.3, 0.4) is 0 Å². The summed E-state index contributed by atoms with van der Waals surface area (Å²) < 4.78 is 5.15. The number of imidazole rings is 2. The number of carbonyl (C=O) groups is 1. The molecule has 4 rings (SSSR count). The van der Waals surface area contributed by atoms with E-state index in [2.05, 4.69) is 14.9 Å². The van der Waals surface area contributed by atoms with Crippen LogP contribution in [0.5, 0.6) is 0 Å². The van der Waals surface area contributed by atoms with Crippen LogP contribution < -0.4 is 11.0 Å². The number of nitrogens with zero attached hydrogens (tertiary/aromatic N) is 4. The average Bonchev–Trinajstić information content (AvgIpc) is 3.21. The molecule has 27 heavy (non-hydrogen) atoms. The Bertz CT molecular complexity index is 1170. The van der Waals surface area contributed by atoms with Crippen LogP contribution in [-0.4, -0.2) is 31.1 Å². The van der Waals surface area contributed by atoms with E-state index in [1.807, 2.05) is 54.9 Å². The van der Waals surface area contributed by atoms with Crippen molar-refractivity contribution in [1.29, 1.82) is 0 Å². The van der Waals surface area contributed by atoms with Crippen LogP contribution in [0.25, 0.3) is 22.1 Å². The van der Waals surface area contributed by atoms with E-state index in [4.69, 9.17) is 0 Å². The molecule has 1 N–H and O–H groups in total. The van der Waals surface area contributed by atoms with E-state index in [1.165, 1.54) is 4.57 Å². The summed E-state index contributed by atoms with van der Waals surface area (Å²) in [6.45, 7) is 1.34. The molecule has 7 nitrogen and oxygen atoms in total. The van der Waals surface area contributed by atoms with Gasteiger partial charge in [0, 0.05) is 20.1 Å². The molecule has 0 aliphatic heterocycles. The van der Waals surface area contributed by atoms with E-state index in [0.717, 1.165) is 35.0 Å². The smallest absolute Gasteiger partial charge is 0.329 e. The maximum absolute atomic E-state index is 12.4. The van der Waals surface area contributed by atoms with Gasteiger partial charge in [-0.05, 0) is 30.7 Å². The molecule has 0 radical (unpaired) electrons. The van der Waals surface area contributed by atoms with Crippen LogP contribution in [0.4, 0.5) is 0 Å². The number of hydrogen-bond donors (Lipinski definition) is 1. The molecule has 4 aromatic rings. The number of para-hydroxylation sites is 4. The Hall–Kier alpha value is -3.35. The zero-order valence-corrected chi connectivity index (χ0v) is 15.1. The number of carbonyl (C=O) groups excluding carboxylic acids is 1. The summed E-state index contributed by atoms with van der Waals surface area (Å²) >= 11 is 0. The number of hydrogen-bond acceptors (Lipinski definition) is 3. The molecule has 2 heterocycles. The van der Waals surface area contributed by atoms with E-state index in [-0.39, 0.29) is 18.1 Å². The lowest BCUT2D eigenvalue weighted by molar-refractivity contribution is -0.121. The van der Waals surface area contributed by atoms with Crippen molar-refractivity contribution in [3.8, 4) is 0 Å². The average molecular weight is 363 g/mol. The Kier molecular flexibility index (Phi) is 4.50. The lowest BCUT2D eigenvalue weighted by Gasteiger charge is -2.07. The van der Waals surface area contributed by atoms with Crippen molar-refractivity contribution in [1.82, 2.24) is 24.0 Å². The maximum Gasteiger partial charge on any atom is 0.329 e. The van der Waals surface area contributed by atoms with Gasteiger partial charge >= 0.3 is 5.69 Å². The maximum atomic E-state index is 12.4. The zero-order chi connectivity index (χ0) is 18.8. The molecule has 0 bridgehead atoms. The highest BCUT2D eigenvalue weighted by Gasteiger charge is 2.12. The Balaban J connectivity index is 1.35. The number of nitrogens with one attached hydrogen (secondary N) is 1. The third kappa shape index (κ3) is 3.23. The molecular weight excluding hydrogens is 342 g/mol. The van der Waals surface area contributed by atoms with Gasteiger partial charge in [0.25, 0.3) is 0 Å². The monoisotopic (exact) mass is 363 g/mol. The number of amides is 1. The first-order valence-corrected chi connectivity index (χ1v) is 8.96. The predicted octanol–water partition coefficient (Wildman–Crippen LogP) is 1.90. The topological polar surface area (TPSA) is 73.8 Å². The molecule has 0 atom stereocenters. The molecule has 0 aliphatic carbocycles. The molecular formula is C20H21N5O2. The first-order valence-electron chi connectivity index (χ1n) is 8.96. The first kappa shape index (κ1) is 17.1. The molecule has 0 spiro atoms. The van der Waals surface area contributed by atoms with Gasteiger partial charge in [0.15, 0.2) is 0 Å². The van der Waals surface area contributed by atoms with Crippen LogP contribution in [-0.2, 0) is 24.9 Å². The van der Waals surface area contributed by atoms with Gasteiger partial charge in [0.2, 0.25) is 5.91 Å². The molecule has 1 amide bonds. The van der Waals surface area contributed by atoms with Gasteiger partial charge in [0.05, 0.1) is 28.4 Å². The highest BCUT2D eigenvalue weighted by Crippen LogP contribution is 2.12. The third-order valence-electron chi connectivity index (χ3n) is 4.78. The fourth-order valence-electron chi connectivity index (χ4n) is 3.38. The standard InChI is InChI=1S/C20H21N5O2/c1-23-17-9-4-5-10-18(17)25(20(23)27)13-19(26)21-11-6-12-24-14-22-15-7-2-3-8-16(15)24/h2-5,7-10,14H,6,11-13H2,1H3,(H,21,26). The lowest BCUT2D eigenvalue weighted by Crippen LogP contribution is -2.33.